The van der Waals surface area contributed by atoms with Crippen LogP contribution >= 0.6 is 0 Å². The van der Waals surface area contributed by atoms with Crippen LogP contribution < -0.4 is 10.1 Å². The fourth-order valence-corrected chi connectivity index (χ4v) is 3.87. The van der Waals surface area contributed by atoms with Crippen LogP contribution in [0.5, 0.6) is 5.75 Å². The number of anilines is 1. The van der Waals surface area contributed by atoms with Crippen molar-refractivity contribution in [3.8, 4) is 11.6 Å². The summed E-state index contributed by atoms with van der Waals surface area (Å²) < 4.78 is 11.8. The van der Waals surface area contributed by atoms with Crippen LogP contribution in [-0.4, -0.2) is 46.1 Å². The van der Waals surface area contributed by atoms with E-state index in [4.69, 9.17) is 9.47 Å². The highest BCUT2D eigenvalue weighted by Crippen LogP contribution is 2.25. The number of hydrogen-bond acceptors (Lipinski definition) is 7. The van der Waals surface area contributed by atoms with Gasteiger partial charge in [-0.3, -0.25) is 9.59 Å². The number of nitrogens with zero attached hydrogens (tertiary/aromatic N) is 3. The lowest BCUT2D eigenvalue weighted by molar-refractivity contribution is -0.116. The highest BCUT2D eigenvalue weighted by Gasteiger charge is 2.23. The summed E-state index contributed by atoms with van der Waals surface area (Å²) in [6.45, 7) is 3.81. The fourth-order valence-electron chi connectivity index (χ4n) is 3.87. The average molecular weight is 487 g/mol. The van der Waals surface area contributed by atoms with E-state index in [0.29, 0.717) is 17.1 Å². The predicted molar refractivity (Wildman–Crippen MR) is 135 cm³/mol. The maximum atomic E-state index is 12.9. The van der Waals surface area contributed by atoms with Crippen LogP contribution in [0.25, 0.3) is 16.7 Å². The van der Waals surface area contributed by atoms with Crippen molar-refractivity contribution in [2.24, 2.45) is 0 Å². The van der Waals surface area contributed by atoms with Crippen molar-refractivity contribution >= 4 is 34.4 Å². The first-order valence-electron chi connectivity index (χ1n) is 11.5. The van der Waals surface area contributed by atoms with Gasteiger partial charge in [0.05, 0.1) is 31.0 Å². The number of esters is 1. The SMILES string of the molecule is CCOC(=O)c1cnn(-c2cc(C)c3ccccc3n2)c1NC(=O)CCC(=O)c1ccccc1OC. The molecule has 0 aliphatic heterocycles. The van der Waals surface area contributed by atoms with Crippen molar-refractivity contribution in [2.45, 2.75) is 26.7 Å². The Morgan fingerprint density at radius 3 is 2.53 bits per heavy atom. The van der Waals surface area contributed by atoms with E-state index in [2.05, 4.69) is 15.4 Å². The van der Waals surface area contributed by atoms with E-state index < -0.39 is 11.9 Å². The molecule has 4 rings (SSSR count). The molecule has 36 heavy (non-hydrogen) atoms. The summed E-state index contributed by atoms with van der Waals surface area (Å²) in [5, 5.41) is 8.03. The summed E-state index contributed by atoms with van der Waals surface area (Å²) in [4.78, 5) is 42.8. The molecule has 2 aromatic carbocycles. The molecule has 1 amide bonds. The van der Waals surface area contributed by atoms with Crippen molar-refractivity contribution in [1.82, 2.24) is 14.8 Å². The van der Waals surface area contributed by atoms with Crippen molar-refractivity contribution in [3.63, 3.8) is 0 Å². The number of aromatic nitrogens is 3. The quantitative estimate of drug-likeness (QED) is 0.273. The molecule has 0 saturated heterocycles. The van der Waals surface area contributed by atoms with Crippen LogP contribution in [0.3, 0.4) is 0 Å². The van der Waals surface area contributed by atoms with Gasteiger partial charge in [0.1, 0.15) is 11.3 Å². The summed E-state index contributed by atoms with van der Waals surface area (Å²) >= 11 is 0. The van der Waals surface area contributed by atoms with Crippen LogP contribution in [0.4, 0.5) is 5.82 Å². The smallest absolute Gasteiger partial charge is 0.343 e. The third-order valence-electron chi connectivity index (χ3n) is 5.64. The van der Waals surface area contributed by atoms with Gasteiger partial charge in [0.2, 0.25) is 5.91 Å². The van der Waals surface area contributed by atoms with Crippen LogP contribution in [0, 0.1) is 6.92 Å². The summed E-state index contributed by atoms with van der Waals surface area (Å²) in [5.74, 6) is -0.297. The molecule has 1 N–H and O–H groups in total. The lowest BCUT2D eigenvalue weighted by atomic mass is 10.1. The number of methoxy groups -OCH3 is 1. The number of carbonyl (C=O) groups excluding carboxylic acids is 3. The van der Waals surface area contributed by atoms with E-state index in [1.807, 2.05) is 37.3 Å². The molecule has 0 spiro atoms. The highest BCUT2D eigenvalue weighted by molar-refractivity contribution is 6.03. The molecule has 0 unspecified atom stereocenters. The van der Waals surface area contributed by atoms with Gasteiger partial charge in [0, 0.05) is 18.2 Å². The number of ether oxygens (including phenoxy) is 2. The Labute approximate surface area is 208 Å². The molecule has 0 fully saturated rings. The third kappa shape index (κ3) is 5.10. The van der Waals surface area contributed by atoms with Crippen LogP contribution in [-0.2, 0) is 9.53 Å². The lowest BCUT2D eigenvalue weighted by Crippen LogP contribution is -2.19. The number of pyridine rings is 1. The molecule has 2 aromatic heterocycles. The number of Topliss-reactive ketones (excluding diaryl/α,β-unsaturated/α-hetero) is 1. The number of carbonyl (C=O) groups is 3. The summed E-state index contributed by atoms with van der Waals surface area (Å²) in [7, 11) is 1.49. The molecule has 0 saturated carbocycles. The van der Waals surface area contributed by atoms with E-state index in [9.17, 15) is 14.4 Å². The van der Waals surface area contributed by atoms with Crippen LogP contribution in [0.1, 0.15) is 46.0 Å². The average Bonchev–Trinajstić information content (AvgIpc) is 3.30. The zero-order valence-corrected chi connectivity index (χ0v) is 20.3. The molecular formula is C27H26N4O5. The topological polar surface area (TPSA) is 112 Å². The van der Waals surface area contributed by atoms with E-state index in [0.717, 1.165) is 16.5 Å². The van der Waals surface area contributed by atoms with Gasteiger partial charge in [-0.15, -0.1) is 0 Å². The predicted octanol–water partition coefficient (Wildman–Crippen LogP) is 4.52. The molecule has 184 valence electrons. The Morgan fingerprint density at radius 1 is 1.00 bits per heavy atom. The highest BCUT2D eigenvalue weighted by atomic mass is 16.5. The number of hydrogen-bond donors (Lipinski definition) is 1. The standard InChI is InChI=1S/C27H26N4O5/c1-4-36-27(34)20-16-28-31(24-15-17(2)18-9-5-7-11-21(18)29-24)26(20)30-25(33)14-13-22(32)19-10-6-8-12-23(19)35-3/h5-12,15-16H,4,13-14H2,1-3H3,(H,30,33). The number of para-hydroxylation sites is 2. The van der Waals surface area contributed by atoms with Crippen LogP contribution in [0.2, 0.25) is 0 Å². The van der Waals surface area contributed by atoms with Crippen molar-refractivity contribution < 1.29 is 23.9 Å². The van der Waals surface area contributed by atoms with Gasteiger partial charge < -0.3 is 14.8 Å². The Bertz CT molecular complexity index is 1440. The molecule has 9 nitrogen and oxygen atoms in total. The minimum absolute atomic E-state index is 0.0393. The van der Waals surface area contributed by atoms with E-state index in [1.165, 1.54) is 18.0 Å². The van der Waals surface area contributed by atoms with Crippen LogP contribution in [0.15, 0.2) is 60.8 Å². The molecule has 2 heterocycles. The Kier molecular flexibility index (Phi) is 7.39. The number of fused-ring (bicyclic) bond motifs is 1. The molecule has 0 bridgehead atoms. The zero-order valence-electron chi connectivity index (χ0n) is 20.3. The summed E-state index contributed by atoms with van der Waals surface area (Å²) in [5.41, 5.74) is 2.21. The first-order valence-corrected chi connectivity index (χ1v) is 11.5. The molecular weight excluding hydrogens is 460 g/mol. The number of nitrogens with one attached hydrogen (secondary N) is 1. The number of rotatable bonds is 9. The van der Waals surface area contributed by atoms with Gasteiger partial charge in [-0.05, 0) is 43.7 Å². The molecule has 9 heteroatoms. The van der Waals surface area contributed by atoms with Crippen molar-refractivity contribution in [2.75, 3.05) is 19.0 Å². The molecule has 0 aliphatic carbocycles. The van der Waals surface area contributed by atoms with Gasteiger partial charge >= 0.3 is 5.97 Å². The molecule has 4 aromatic rings. The Balaban J connectivity index is 1.61. The number of benzene rings is 2. The van der Waals surface area contributed by atoms with Crippen molar-refractivity contribution in [3.05, 3.63) is 77.5 Å². The summed E-state index contributed by atoms with van der Waals surface area (Å²) in [6, 6.07) is 16.3. The maximum Gasteiger partial charge on any atom is 0.343 e. The first kappa shape index (κ1) is 24.6. The first-order chi connectivity index (χ1) is 17.4. The fraction of sp³-hybridized carbons (Fsp3) is 0.222. The zero-order chi connectivity index (χ0) is 25.7. The van der Waals surface area contributed by atoms with Crippen molar-refractivity contribution in [1.29, 1.82) is 0 Å². The van der Waals surface area contributed by atoms with E-state index >= 15 is 0 Å². The van der Waals surface area contributed by atoms with Gasteiger partial charge in [0.15, 0.2) is 17.4 Å². The minimum Gasteiger partial charge on any atom is -0.496 e. The second-order valence-corrected chi connectivity index (χ2v) is 8.03. The maximum absolute atomic E-state index is 12.9. The molecule has 0 aliphatic rings. The van der Waals surface area contributed by atoms with E-state index in [1.54, 1.807) is 31.2 Å². The molecule has 0 radical (unpaired) electrons. The van der Waals surface area contributed by atoms with E-state index in [-0.39, 0.29) is 36.6 Å². The summed E-state index contributed by atoms with van der Waals surface area (Å²) in [6.07, 6.45) is 1.19. The number of aryl methyl sites for hydroxylation is 1. The van der Waals surface area contributed by atoms with Gasteiger partial charge in [0.25, 0.3) is 0 Å². The van der Waals surface area contributed by atoms with Gasteiger partial charge in [-0.1, -0.05) is 30.3 Å². The number of ketones is 1. The monoisotopic (exact) mass is 486 g/mol. The second-order valence-electron chi connectivity index (χ2n) is 8.03. The molecule has 0 atom stereocenters. The minimum atomic E-state index is -0.623. The normalized spacial score (nSPS) is 10.8. The Morgan fingerprint density at radius 2 is 1.75 bits per heavy atom. The second kappa shape index (κ2) is 10.8. The van der Waals surface area contributed by atoms with Gasteiger partial charge in [-0.25, -0.2) is 9.78 Å². The largest absolute Gasteiger partial charge is 0.496 e. The lowest BCUT2D eigenvalue weighted by Gasteiger charge is -2.12. The van der Waals surface area contributed by atoms with Gasteiger partial charge in [-0.2, -0.15) is 9.78 Å². The third-order valence-corrected chi connectivity index (χ3v) is 5.64. The number of amides is 1. The Hall–Kier alpha value is -4.53.